The summed E-state index contributed by atoms with van der Waals surface area (Å²) in [5.74, 6) is 0. The second kappa shape index (κ2) is 6.13. The molecule has 3 rings (SSSR count). The van der Waals surface area contributed by atoms with Crippen LogP contribution in [0.1, 0.15) is 5.01 Å². The van der Waals surface area contributed by atoms with E-state index in [2.05, 4.69) is 38.3 Å². The molecule has 0 N–H and O–H groups in total. The molecular formula is C14H15BrN2OS. The number of hydrogen-bond donors (Lipinski definition) is 0. The Morgan fingerprint density at radius 1 is 1.32 bits per heavy atom. The van der Waals surface area contributed by atoms with Crippen LogP contribution < -0.4 is 0 Å². The van der Waals surface area contributed by atoms with Crippen LogP contribution in [0.25, 0.3) is 11.3 Å². The molecule has 0 radical (unpaired) electrons. The summed E-state index contributed by atoms with van der Waals surface area (Å²) in [6, 6.07) is 8.27. The van der Waals surface area contributed by atoms with Crippen molar-refractivity contribution in [3.05, 3.63) is 39.1 Å². The minimum absolute atomic E-state index is 0.837. The molecule has 1 saturated heterocycles. The molecule has 0 aliphatic carbocycles. The number of ether oxygens (including phenoxy) is 1. The highest BCUT2D eigenvalue weighted by Crippen LogP contribution is 2.25. The van der Waals surface area contributed by atoms with Gasteiger partial charge in [0.05, 0.1) is 25.5 Å². The molecule has 1 aromatic carbocycles. The van der Waals surface area contributed by atoms with Crippen molar-refractivity contribution in [1.29, 1.82) is 0 Å². The molecule has 5 heteroatoms. The van der Waals surface area contributed by atoms with Gasteiger partial charge in [0, 0.05) is 28.5 Å². The summed E-state index contributed by atoms with van der Waals surface area (Å²) in [5.41, 5.74) is 2.23. The first-order valence-electron chi connectivity index (χ1n) is 6.32. The zero-order valence-electron chi connectivity index (χ0n) is 10.5. The van der Waals surface area contributed by atoms with Crippen molar-refractivity contribution < 1.29 is 4.74 Å². The van der Waals surface area contributed by atoms with Gasteiger partial charge in [0.1, 0.15) is 5.01 Å². The summed E-state index contributed by atoms with van der Waals surface area (Å²) < 4.78 is 6.45. The first-order valence-corrected chi connectivity index (χ1v) is 7.99. The Bertz CT molecular complexity index is 552. The standard InChI is InChI=1S/C14H15BrN2OS/c15-12-3-1-2-11(8-12)13-10-19-14(16-13)9-17-4-6-18-7-5-17/h1-3,8,10H,4-7,9H2. The molecular weight excluding hydrogens is 324 g/mol. The van der Waals surface area contributed by atoms with Crippen LogP contribution in [-0.4, -0.2) is 36.2 Å². The summed E-state index contributed by atoms with van der Waals surface area (Å²) >= 11 is 5.23. The van der Waals surface area contributed by atoms with Gasteiger partial charge in [-0.15, -0.1) is 11.3 Å². The number of morpholine rings is 1. The molecule has 1 aliphatic heterocycles. The predicted molar refractivity (Wildman–Crippen MR) is 81.3 cm³/mol. The van der Waals surface area contributed by atoms with Gasteiger partial charge < -0.3 is 4.74 Å². The van der Waals surface area contributed by atoms with Crippen LogP contribution in [0, 0.1) is 0 Å². The molecule has 19 heavy (non-hydrogen) atoms. The fourth-order valence-electron chi connectivity index (χ4n) is 2.11. The minimum atomic E-state index is 0.837. The molecule has 0 amide bonds. The molecule has 0 spiro atoms. The maximum absolute atomic E-state index is 5.36. The Hall–Kier alpha value is -0.750. The first-order chi connectivity index (χ1) is 9.31. The van der Waals surface area contributed by atoms with Crippen LogP contribution in [0.3, 0.4) is 0 Å². The van der Waals surface area contributed by atoms with E-state index in [-0.39, 0.29) is 0 Å². The van der Waals surface area contributed by atoms with Crippen LogP contribution in [0.2, 0.25) is 0 Å². The van der Waals surface area contributed by atoms with Crippen molar-refractivity contribution in [3.63, 3.8) is 0 Å². The summed E-state index contributed by atoms with van der Waals surface area (Å²) in [4.78, 5) is 7.13. The molecule has 3 nitrogen and oxygen atoms in total. The van der Waals surface area contributed by atoms with Gasteiger partial charge in [-0.1, -0.05) is 28.1 Å². The van der Waals surface area contributed by atoms with Crippen molar-refractivity contribution in [2.45, 2.75) is 6.54 Å². The zero-order chi connectivity index (χ0) is 13.1. The number of benzene rings is 1. The Morgan fingerprint density at radius 3 is 2.95 bits per heavy atom. The Morgan fingerprint density at radius 2 is 2.16 bits per heavy atom. The van der Waals surface area contributed by atoms with Crippen LogP contribution >= 0.6 is 27.3 Å². The Kier molecular flexibility index (Phi) is 4.28. The van der Waals surface area contributed by atoms with Gasteiger partial charge in [-0.25, -0.2) is 4.98 Å². The minimum Gasteiger partial charge on any atom is -0.379 e. The summed E-state index contributed by atoms with van der Waals surface area (Å²) in [5, 5.41) is 3.31. The van der Waals surface area contributed by atoms with E-state index in [0.29, 0.717) is 0 Å². The maximum atomic E-state index is 5.36. The van der Waals surface area contributed by atoms with Gasteiger partial charge in [-0.05, 0) is 12.1 Å². The number of nitrogens with zero attached hydrogens (tertiary/aromatic N) is 2. The highest BCUT2D eigenvalue weighted by molar-refractivity contribution is 9.10. The van der Waals surface area contributed by atoms with Crippen LogP contribution in [0.4, 0.5) is 0 Å². The van der Waals surface area contributed by atoms with E-state index in [1.165, 1.54) is 10.6 Å². The van der Waals surface area contributed by atoms with E-state index in [0.717, 1.165) is 43.0 Å². The lowest BCUT2D eigenvalue weighted by Crippen LogP contribution is -2.35. The highest BCUT2D eigenvalue weighted by Gasteiger charge is 2.13. The van der Waals surface area contributed by atoms with Gasteiger partial charge in [0.25, 0.3) is 0 Å². The van der Waals surface area contributed by atoms with Gasteiger partial charge in [-0.2, -0.15) is 0 Å². The average molecular weight is 339 g/mol. The van der Waals surface area contributed by atoms with E-state index < -0.39 is 0 Å². The van der Waals surface area contributed by atoms with E-state index in [1.54, 1.807) is 11.3 Å². The molecule has 0 saturated carbocycles. The lowest BCUT2D eigenvalue weighted by Gasteiger charge is -2.25. The SMILES string of the molecule is Brc1cccc(-c2csc(CN3CCOCC3)n2)c1. The van der Waals surface area contributed by atoms with Crippen molar-refractivity contribution >= 4 is 27.3 Å². The van der Waals surface area contributed by atoms with Crippen molar-refractivity contribution in [2.75, 3.05) is 26.3 Å². The van der Waals surface area contributed by atoms with Crippen LogP contribution in [0.15, 0.2) is 34.1 Å². The average Bonchev–Trinajstić information content (AvgIpc) is 2.88. The lowest BCUT2D eigenvalue weighted by molar-refractivity contribution is 0.0342. The molecule has 0 unspecified atom stereocenters. The molecule has 100 valence electrons. The molecule has 1 aromatic heterocycles. The topological polar surface area (TPSA) is 25.4 Å². The van der Waals surface area contributed by atoms with Gasteiger partial charge >= 0.3 is 0 Å². The summed E-state index contributed by atoms with van der Waals surface area (Å²) in [6.07, 6.45) is 0. The van der Waals surface area contributed by atoms with Crippen molar-refractivity contribution in [3.8, 4) is 11.3 Å². The molecule has 0 atom stereocenters. The fourth-order valence-corrected chi connectivity index (χ4v) is 3.36. The molecule has 1 fully saturated rings. The van der Waals surface area contributed by atoms with Gasteiger partial charge in [0.2, 0.25) is 0 Å². The normalized spacial score (nSPS) is 16.7. The van der Waals surface area contributed by atoms with E-state index in [9.17, 15) is 0 Å². The zero-order valence-corrected chi connectivity index (χ0v) is 12.9. The highest BCUT2D eigenvalue weighted by atomic mass is 79.9. The smallest absolute Gasteiger partial charge is 0.107 e. The number of thiazole rings is 1. The summed E-state index contributed by atoms with van der Waals surface area (Å²) in [7, 11) is 0. The molecule has 1 aliphatic rings. The Balaban J connectivity index is 1.72. The third kappa shape index (κ3) is 3.42. The van der Waals surface area contributed by atoms with Crippen LogP contribution in [0.5, 0.6) is 0 Å². The largest absolute Gasteiger partial charge is 0.379 e. The van der Waals surface area contributed by atoms with Gasteiger partial charge in [0.15, 0.2) is 0 Å². The molecule has 0 bridgehead atoms. The molecule has 2 heterocycles. The molecule has 2 aromatic rings. The fraction of sp³-hybridized carbons (Fsp3) is 0.357. The van der Waals surface area contributed by atoms with Crippen LogP contribution in [-0.2, 0) is 11.3 Å². The number of halogens is 1. The maximum Gasteiger partial charge on any atom is 0.107 e. The predicted octanol–water partition coefficient (Wildman–Crippen LogP) is 3.40. The first kappa shape index (κ1) is 13.2. The van der Waals surface area contributed by atoms with Crippen molar-refractivity contribution in [2.24, 2.45) is 0 Å². The second-order valence-corrected chi connectivity index (χ2v) is 6.38. The summed E-state index contributed by atoms with van der Waals surface area (Å²) in [6.45, 7) is 4.62. The number of hydrogen-bond acceptors (Lipinski definition) is 4. The second-order valence-electron chi connectivity index (χ2n) is 4.53. The van der Waals surface area contributed by atoms with Crippen molar-refractivity contribution in [1.82, 2.24) is 9.88 Å². The quantitative estimate of drug-likeness (QED) is 0.857. The van der Waals surface area contributed by atoms with E-state index in [1.807, 2.05) is 12.1 Å². The monoisotopic (exact) mass is 338 g/mol. The third-order valence-electron chi connectivity index (χ3n) is 3.13. The van der Waals surface area contributed by atoms with E-state index >= 15 is 0 Å². The number of rotatable bonds is 3. The third-order valence-corrected chi connectivity index (χ3v) is 4.46. The van der Waals surface area contributed by atoms with Gasteiger partial charge in [-0.3, -0.25) is 4.90 Å². The number of aromatic nitrogens is 1. The van der Waals surface area contributed by atoms with E-state index in [4.69, 9.17) is 9.72 Å². The Labute approximate surface area is 125 Å². The lowest BCUT2D eigenvalue weighted by atomic mass is 10.2.